The van der Waals surface area contributed by atoms with Crippen LogP contribution in [0, 0.1) is 0 Å². The van der Waals surface area contributed by atoms with Gasteiger partial charge in [-0.3, -0.25) is 9.97 Å². The third-order valence-electron chi connectivity index (χ3n) is 9.04. The fourth-order valence-corrected chi connectivity index (χ4v) is 6.91. The molecule has 1 aliphatic heterocycles. The van der Waals surface area contributed by atoms with Gasteiger partial charge in [0.05, 0.1) is 11.0 Å². The summed E-state index contributed by atoms with van der Waals surface area (Å²) >= 11 is 0. The summed E-state index contributed by atoms with van der Waals surface area (Å²) in [6, 6.07) is 44.8. The Balaban J connectivity index is 1.22. The summed E-state index contributed by atoms with van der Waals surface area (Å²) in [6.07, 6.45) is 7.41. The standard InChI is InChI=1S/C43H31N3O2/c1-43(2)47-41-18-15-28(31-21-32(29-9-7-19-44-26-29)23-33(22-31)30-10-8-20-45-27-30)24-38(41)37-17-16-34(25-42(37)48-43)46-39-13-5-3-11-35(39)36-12-4-6-14-40(36)46/h3-27H,1-2H3. The van der Waals surface area contributed by atoms with Crippen molar-refractivity contribution in [2.75, 3.05) is 0 Å². The average Bonchev–Trinajstić information content (AvgIpc) is 3.40. The number of aromatic nitrogens is 3. The molecule has 48 heavy (non-hydrogen) atoms. The van der Waals surface area contributed by atoms with E-state index in [2.05, 4.69) is 130 Å². The van der Waals surface area contributed by atoms with Crippen LogP contribution < -0.4 is 9.47 Å². The van der Waals surface area contributed by atoms with Crippen molar-refractivity contribution in [2.45, 2.75) is 19.6 Å². The highest BCUT2D eigenvalue weighted by atomic mass is 16.7. The fourth-order valence-electron chi connectivity index (χ4n) is 6.91. The monoisotopic (exact) mass is 621 g/mol. The predicted octanol–water partition coefficient (Wildman–Crippen LogP) is 10.7. The third kappa shape index (κ3) is 4.79. The van der Waals surface area contributed by atoms with Gasteiger partial charge in [0.2, 0.25) is 5.79 Å². The van der Waals surface area contributed by atoms with Crippen LogP contribution in [0.2, 0.25) is 0 Å². The third-order valence-corrected chi connectivity index (χ3v) is 9.04. The van der Waals surface area contributed by atoms with E-state index in [-0.39, 0.29) is 0 Å². The van der Waals surface area contributed by atoms with Crippen LogP contribution in [0.4, 0.5) is 0 Å². The minimum atomic E-state index is -0.880. The van der Waals surface area contributed by atoms with Crippen LogP contribution in [0.1, 0.15) is 13.8 Å². The lowest BCUT2D eigenvalue weighted by Gasteiger charge is -2.26. The van der Waals surface area contributed by atoms with E-state index in [1.165, 1.54) is 10.8 Å². The van der Waals surface area contributed by atoms with E-state index in [4.69, 9.17) is 9.47 Å². The molecule has 8 aromatic rings. The van der Waals surface area contributed by atoms with Crippen molar-refractivity contribution in [1.82, 2.24) is 14.5 Å². The van der Waals surface area contributed by atoms with Gasteiger partial charge in [0, 0.05) is 83.4 Å². The quantitative estimate of drug-likeness (QED) is 0.196. The first-order chi connectivity index (χ1) is 23.5. The van der Waals surface area contributed by atoms with E-state index in [0.717, 1.165) is 72.7 Å². The first-order valence-electron chi connectivity index (χ1n) is 16.1. The van der Waals surface area contributed by atoms with E-state index in [0.29, 0.717) is 0 Å². The van der Waals surface area contributed by atoms with Gasteiger partial charge in [-0.05, 0) is 89.0 Å². The van der Waals surface area contributed by atoms with Gasteiger partial charge in [-0.1, -0.05) is 54.6 Å². The van der Waals surface area contributed by atoms with Crippen molar-refractivity contribution >= 4 is 21.8 Å². The Morgan fingerprint density at radius 2 is 1.06 bits per heavy atom. The van der Waals surface area contributed by atoms with Crippen molar-refractivity contribution < 1.29 is 9.47 Å². The fraction of sp³-hybridized carbons (Fsp3) is 0.0698. The molecule has 0 atom stereocenters. The number of hydrogen-bond acceptors (Lipinski definition) is 4. The summed E-state index contributed by atoms with van der Waals surface area (Å²) in [5, 5.41) is 2.45. The molecule has 0 amide bonds. The summed E-state index contributed by atoms with van der Waals surface area (Å²) < 4.78 is 15.5. The van der Waals surface area contributed by atoms with Gasteiger partial charge in [-0.25, -0.2) is 0 Å². The summed E-state index contributed by atoms with van der Waals surface area (Å²) in [6.45, 7) is 3.93. The molecule has 0 saturated carbocycles. The Bertz CT molecular complexity index is 2370. The van der Waals surface area contributed by atoms with Gasteiger partial charge < -0.3 is 14.0 Å². The first-order valence-corrected chi connectivity index (χ1v) is 16.1. The van der Waals surface area contributed by atoms with Crippen molar-refractivity contribution in [3.63, 3.8) is 0 Å². The highest BCUT2D eigenvalue weighted by Gasteiger charge is 2.30. The zero-order valence-corrected chi connectivity index (χ0v) is 26.6. The molecule has 0 N–H and O–H groups in total. The Hall–Kier alpha value is -6.20. The molecule has 0 radical (unpaired) electrons. The molecule has 5 nitrogen and oxygen atoms in total. The van der Waals surface area contributed by atoms with Crippen LogP contribution in [-0.2, 0) is 0 Å². The first kappa shape index (κ1) is 28.1. The van der Waals surface area contributed by atoms with E-state index < -0.39 is 5.79 Å². The van der Waals surface area contributed by atoms with E-state index in [1.54, 1.807) is 12.4 Å². The molecular weight excluding hydrogens is 590 g/mol. The van der Waals surface area contributed by atoms with Crippen LogP contribution in [0.3, 0.4) is 0 Å². The molecule has 0 saturated heterocycles. The number of hydrogen-bond donors (Lipinski definition) is 0. The number of fused-ring (bicyclic) bond motifs is 6. The Kier molecular flexibility index (Phi) is 6.40. The van der Waals surface area contributed by atoms with Crippen LogP contribution in [-0.4, -0.2) is 20.3 Å². The Morgan fingerprint density at radius 3 is 1.67 bits per heavy atom. The number of benzene rings is 5. The molecule has 3 aromatic heterocycles. The molecule has 0 unspecified atom stereocenters. The van der Waals surface area contributed by atoms with Crippen molar-refractivity contribution in [2.24, 2.45) is 0 Å². The van der Waals surface area contributed by atoms with Crippen LogP contribution in [0.5, 0.6) is 11.5 Å². The maximum absolute atomic E-state index is 6.64. The molecule has 5 aromatic carbocycles. The van der Waals surface area contributed by atoms with Gasteiger partial charge in [0.1, 0.15) is 11.5 Å². The number of pyridine rings is 2. The van der Waals surface area contributed by atoms with Crippen LogP contribution in [0.25, 0.3) is 72.0 Å². The van der Waals surface area contributed by atoms with Gasteiger partial charge in [-0.15, -0.1) is 0 Å². The summed E-state index contributed by atoms with van der Waals surface area (Å²) in [7, 11) is 0. The molecule has 0 spiro atoms. The lowest BCUT2D eigenvalue weighted by Crippen LogP contribution is -2.34. The average molecular weight is 622 g/mol. The van der Waals surface area contributed by atoms with Crippen molar-refractivity contribution in [3.05, 3.63) is 152 Å². The van der Waals surface area contributed by atoms with Crippen LogP contribution in [0.15, 0.2) is 152 Å². The second-order valence-corrected chi connectivity index (χ2v) is 12.6. The van der Waals surface area contributed by atoms with Crippen molar-refractivity contribution in [1.29, 1.82) is 0 Å². The zero-order valence-electron chi connectivity index (χ0n) is 26.6. The highest BCUT2D eigenvalue weighted by Crippen LogP contribution is 2.46. The van der Waals surface area contributed by atoms with Crippen LogP contribution >= 0.6 is 0 Å². The van der Waals surface area contributed by atoms with E-state index in [9.17, 15) is 0 Å². The highest BCUT2D eigenvalue weighted by molar-refractivity contribution is 6.09. The molecule has 4 heterocycles. The zero-order chi connectivity index (χ0) is 32.2. The molecular formula is C43H31N3O2. The smallest absolute Gasteiger partial charge is 0.245 e. The predicted molar refractivity (Wildman–Crippen MR) is 193 cm³/mol. The number of nitrogens with zero attached hydrogens (tertiary/aromatic N) is 3. The molecule has 0 bridgehead atoms. The van der Waals surface area contributed by atoms with Gasteiger partial charge >= 0.3 is 0 Å². The minimum absolute atomic E-state index is 0.774. The minimum Gasteiger partial charge on any atom is -0.452 e. The summed E-state index contributed by atoms with van der Waals surface area (Å²) in [4.78, 5) is 8.77. The SMILES string of the molecule is CC1(C)Oc2cc(-n3c4ccccc4c4ccccc43)ccc2-c2cc(-c3cc(-c4cccnc4)cc(-c4cccnc4)c3)ccc2O1. The van der Waals surface area contributed by atoms with Crippen molar-refractivity contribution in [3.8, 4) is 61.7 Å². The molecule has 230 valence electrons. The van der Waals surface area contributed by atoms with E-state index in [1.807, 2.05) is 38.4 Å². The normalized spacial score (nSPS) is 13.3. The molecule has 5 heteroatoms. The number of para-hydroxylation sites is 2. The van der Waals surface area contributed by atoms with Gasteiger partial charge in [0.25, 0.3) is 0 Å². The lowest BCUT2D eigenvalue weighted by molar-refractivity contribution is -0.0778. The number of ether oxygens (including phenoxy) is 2. The maximum Gasteiger partial charge on any atom is 0.245 e. The molecule has 1 aliphatic rings. The summed E-state index contributed by atoms with van der Waals surface area (Å²) in [5.74, 6) is 0.674. The Morgan fingerprint density at radius 1 is 0.479 bits per heavy atom. The topological polar surface area (TPSA) is 49.2 Å². The van der Waals surface area contributed by atoms with Gasteiger partial charge in [-0.2, -0.15) is 0 Å². The van der Waals surface area contributed by atoms with E-state index >= 15 is 0 Å². The Labute approximate surface area is 278 Å². The molecule has 9 rings (SSSR count). The maximum atomic E-state index is 6.64. The number of rotatable bonds is 4. The largest absolute Gasteiger partial charge is 0.452 e. The molecule has 0 aliphatic carbocycles. The second kappa shape index (κ2) is 11.0. The molecule has 0 fully saturated rings. The second-order valence-electron chi connectivity index (χ2n) is 12.6. The summed E-state index contributed by atoms with van der Waals surface area (Å²) in [5.41, 5.74) is 11.8. The van der Waals surface area contributed by atoms with Gasteiger partial charge in [0.15, 0.2) is 0 Å². The lowest BCUT2D eigenvalue weighted by atomic mass is 9.92.